The van der Waals surface area contributed by atoms with Gasteiger partial charge in [0.2, 0.25) is 0 Å². The molecular weight excluding hydrogens is 785 g/mol. The Balaban J connectivity index is 1.07. The summed E-state index contributed by atoms with van der Waals surface area (Å²) >= 11 is 0. The molecule has 0 amide bonds. The highest BCUT2D eigenvalue weighted by Crippen LogP contribution is 2.49. The van der Waals surface area contributed by atoms with Crippen LogP contribution in [0.4, 0.5) is 0 Å². The van der Waals surface area contributed by atoms with E-state index in [0.717, 1.165) is 27.5 Å². The van der Waals surface area contributed by atoms with E-state index in [1.165, 1.54) is 104 Å². The fourth-order valence-corrected chi connectivity index (χ4v) is 10.6. The number of fused-ring (bicyclic) bond motifs is 7. The third-order valence-electron chi connectivity index (χ3n) is 13.4. The average molecular weight is 825 g/mol. The van der Waals surface area contributed by atoms with Crippen molar-refractivity contribution in [2.45, 2.75) is 0 Å². The second-order valence-corrected chi connectivity index (χ2v) is 17.1. The van der Waals surface area contributed by atoms with Gasteiger partial charge in [-0.15, -0.1) is 0 Å². The minimum absolute atomic E-state index is 0.877. The smallest absolute Gasteiger partial charge is 0.136 e. The molecule has 0 radical (unpaired) electrons. The molecule has 0 saturated carbocycles. The number of furan rings is 1. The lowest BCUT2D eigenvalue weighted by atomic mass is 9.83. The van der Waals surface area contributed by atoms with Crippen molar-refractivity contribution in [3.63, 3.8) is 0 Å². The second-order valence-electron chi connectivity index (χ2n) is 17.1. The van der Waals surface area contributed by atoms with Gasteiger partial charge in [0.05, 0.1) is 0 Å². The maximum Gasteiger partial charge on any atom is 0.136 e. The lowest BCUT2D eigenvalue weighted by Gasteiger charge is -2.19. The molecule has 0 unspecified atom stereocenters. The first-order valence-corrected chi connectivity index (χ1v) is 22.4. The zero-order valence-corrected chi connectivity index (χ0v) is 35.5. The first-order chi connectivity index (χ1) is 32.3. The van der Waals surface area contributed by atoms with E-state index in [2.05, 4.69) is 243 Å². The van der Waals surface area contributed by atoms with Gasteiger partial charge in [-0.25, -0.2) is 0 Å². The minimum Gasteiger partial charge on any atom is -0.456 e. The summed E-state index contributed by atoms with van der Waals surface area (Å²) < 4.78 is 6.78. The Kier molecular flexibility index (Phi) is 8.60. The van der Waals surface area contributed by atoms with Crippen LogP contribution >= 0.6 is 0 Å². The second kappa shape index (κ2) is 15.1. The zero-order chi connectivity index (χ0) is 42.8. The van der Waals surface area contributed by atoms with Crippen LogP contribution < -0.4 is 0 Å². The van der Waals surface area contributed by atoms with Gasteiger partial charge in [0.15, 0.2) is 0 Å². The Hall–Kier alpha value is -8.52. The van der Waals surface area contributed by atoms with Gasteiger partial charge in [-0.05, 0) is 146 Å². The van der Waals surface area contributed by atoms with Gasteiger partial charge < -0.3 is 4.42 Å². The minimum atomic E-state index is 0.877. The average Bonchev–Trinajstić information content (AvgIpc) is 3.76. The van der Waals surface area contributed by atoms with Crippen molar-refractivity contribution in [2.75, 3.05) is 0 Å². The standard InChI is InChI=1S/C64H40O/c1-4-19-41(20-5-1)45-37-46(42-21-6-2-7-22-42)39-47(38-45)62-52-29-14-16-31-54(52)63(55-32-17-15-30-53(55)62)56-33-18-34-59-64(56)57-40-44(35-36-58(57)65-59)61-50-27-12-10-25-48(50)60(43-23-8-3-9-24-43)49-26-11-13-28-51(49)61/h1-40H. The summed E-state index contributed by atoms with van der Waals surface area (Å²) in [4.78, 5) is 0. The number of benzene rings is 12. The predicted molar refractivity (Wildman–Crippen MR) is 276 cm³/mol. The first-order valence-electron chi connectivity index (χ1n) is 22.4. The highest BCUT2D eigenvalue weighted by atomic mass is 16.3. The van der Waals surface area contributed by atoms with Crippen molar-refractivity contribution in [3.8, 4) is 66.8 Å². The molecule has 65 heavy (non-hydrogen) atoms. The Bertz CT molecular complexity index is 3800. The van der Waals surface area contributed by atoms with Crippen LogP contribution in [0.15, 0.2) is 247 Å². The van der Waals surface area contributed by atoms with Gasteiger partial charge >= 0.3 is 0 Å². The fourth-order valence-electron chi connectivity index (χ4n) is 10.6. The Labute approximate surface area is 377 Å². The maximum absolute atomic E-state index is 6.78. The molecule has 0 aliphatic carbocycles. The molecule has 0 fully saturated rings. The van der Waals surface area contributed by atoms with E-state index in [4.69, 9.17) is 4.42 Å². The fraction of sp³-hybridized carbons (Fsp3) is 0. The topological polar surface area (TPSA) is 13.1 Å². The van der Waals surface area contributed by atoms with Gasteiger partial charge in [-0.2, -0.15) is 0 Å². The van der Waals surface area contributed by atoms with E-state index in [-0.39, 0.29) is 0 Å². The molecule has 0 aliphatic heterocycles. The van der Waals surface area contributed by atoms with E-state index in [9.17, 15) is 0 Å². The molecule has 0 saturated heterocycles. The van der Waals surface area contributed by atoms with E-state index < -0.39 is 0 Å². The SMILES string of the molecule is c1ccc(-c2cc(-c3ccccc3)cc(-c3c4ccccc4c(-c4cccc5oc6ccc(-c7c8ccccc8c(-c8ccccc8)c8ccccc78)cc6c45)c4ccccc34)c2)cc1. The Morgan fingerprint density at radius 2 is 0.585 bits per heavy atom. The molecule has 1 nitrogen and oxygen atoms in total. The van der Waals surface area contributed by atoms with Crippen molar-refractivity contribution in [2.24, 2.45) is 0 Å². The summed E-state index contributed by atoms with van der Waals surface area (Å²) in [5.41, 5.74) is 16.2. The lowest BCUT2D eigenvalue weighted by Crippen LogP contribution is -1.93. The van der Waals surface area contributed by atoms with Crippen LogP contribution in [-0.2, 0) is 0 Å². The van der Waals surface area contributed by atoms with Crippen LogP contribution in [0.2, 0.25) is 0 Å². The van der Waals surface area contributed by atoms with Crippen LogP contribution in [0.5, 0.6) is 0 Å². The van der Waals surface area contributed by atoms with Crippen molar-refractivity contribution in [3.05, 3.63) is 243 Å². The van der Waals surface area contributed by atoms with Gasteiger partial charge in [0.25, 0.3) is 0 Å². The molecule has 0 atom stereocenters. The van der Waals surface area contributed by atoms with Crippen LogP contribution in [0.25, 0.3) is 132 Å². The molecule has 0 bridgehead atoms. The summed E-state index contributed by atoms with van der Waals surface area (Å²) in [7, 11) is 0. The molecule has 1 aromatic heterocycles. The van der Waals surface area contributed by atoms with Crippen molar-refractivity contribution < 1.29 is 4.42 Å². The monoisotopic (exact) mass is 824 g/mol. The summed E-state index contributed by atoms with van der Waals surface area (Å²) in [6, 6.07) is 88.5. The molecular formula is C64H40O. The molecule has 0 spiro atoms. The molecule has 12 aromatic carbocycles. The van der Waals surface area contributed by atoms with Crippen LogP contribution in [0.1, 0.15) is 0 Å². The molecule has 0 aliphatic rings. The van der Waals surface area contributed by atoms with Crippen molar-refractivity contribution in [1.29, 1.82) is 0 Å². The molecule has 13 aromatic rings. The van der Waals surface area contributed by atoms with E-state index in [1.807, 2.05) is 0 Å². The van der Waals surface area contributed by atoms with E-state index >= 15 is 0 Å². The van der Waals surface area contributed by atoms with E-state index in [0.29, 0.717) is 0 Å². The van der Waals surface area contributed by atoms with Crippen LogP contribution in [0, 0.1) is 0 Å². The van der Waals surface area contributed by atoms with Gasteiger partial charge in [0.1, 0.15) is 11.2 Å². The maximum atomic E-state index is 6.78. The summed E-state index contributed by atoms with van der Waals surface area (Å²) in [5.74, 6) is 0. The number of hydrogen-bond donors (Lipinski definition) is 0. The molecule has 302 valence electrons. The Morgan fingerprint density at radius 3 is 1.06 bits per heavy atom. The summed E-state index contributed by atoms with van der Waals surface area (Å²) in [6.07, 6.45) is 0. The summed E-state index contributed by atoms with van der Waals surface area (Å²) in [6.45, 7) is 0. The molecule has 0 N–H and O–H groups in total. The number of hydrogen-bond acceptors (Lipinski definition) is 1. The first kappa shape index (κ1) is 37.1. The zero-order valence-electron chi connectivity index (χ0n) is 35.5. The number of rotatable bonds is 6. The summed E-state index contributed by atoms with van der Waals surface area (Å²) in [5, 5.41) is 12.0. The predicted octanol–water partition coefficient (Wildman–Crippen LogP) is 18.2. The highest BCUT2D eigenvalue weighted by Gasteiger charge is 2.23. The largest absolute Gasteiger partial charge is 0.456 e. The Morgan fingerprint density at radius 1 is 0.200 bits per heavy atom. The molecule has 13 rings (SSSR count). The quantitative estimate of drug-likeness (QED) is 0.152. The van der Waals surface area contributed by atoms with Gasteiger partial charge in [-0.1, -0.05) is 206 Å². The van der Waals surface area contributed by atoms with Crippen LogP contribution in [-0.4, -0.2) is 0 Å². The highest BCUT2D eigenvalue weighted by molar-refractivity contribution is 6.27. The van der Waals surface area contributed by atoms with Gasteiger partial charge in [-0.3, -0.25) is 0 Å². The van der Waals surface area contributed by atoms with Crippen LogP contribution in [0.3, 0.4) is 0 Å². The van der Waals surface area contributed by atoms with Gasteiger partial charge in [0, 0.05) is 10.8 Å². The van der Waals surface area contributed by atoms with Crippen molar-refractivity contribution >= 4 is 65.0 Å². The third-order valence-corrected chi connectivity index (χ3v) is 13.4. The van der Waals surface area contributed by atoms with Crippen molar-refractivity contribution in [1.82, 2.24) is 0 Å². The van der Waals surface area contributed by atoms with E-state index in [1.54, 1.807) is 0 Å². The normalized spacial score (nSPS) is 11.7. The lowest BCUT2D eigenvalue weighted by molar-refractivity contribution is 0.669. The third kappa shape index (κ3) is 6.01. The molecule has 1 heteroatoms. The molecule has 1 heterocycles.